The first-order chi connectivity index (χ1) is 13.9. The first-order valence-corrected chi connectivity index (χ1v) is 11.6. The van der Waals surface area contributed by atoms with E-state index in [1.165, 1.54) is 12.1 Å². The number of unbranched alkanes of at least 4 members (excludes halogenated alkanes) is 1. The summed E-state index contributed by atoms with van der Waals surface area (Å²) in [5, 5.41) is 2.78. The largest absolute Gasteiger partial charge is 0.322 e. The highest BCUT2D eigenvalue weighted by atomic mass is 32.2. The number of carbonyl (C=O) groups excluding carboxylic acids is 1. The Balaban J connectivity index is 2.05. The van der Waals surface area contributed by atoms with Crippen LogP contribution in [0, 0.1) is 0 Å². The molecule has 0 aromatic heterocycles. The van der Waals surface area contributed by atoms with Gasteiger partial charge < -0.3 is 5.32 Å². The molecule has 0 aliphatic rings. The molecule has 2 aromatic rings. The van der Waals surface area contributed by atoms with Crippen LogP contribution in [0.2, 0.25) is 0 Å². The number of rotatable bonds is 11. The van der Waals surface area contributed by atoms with Crippen LogP contribution in [0.15, 0.2) is 53.4 Å². The lowest BCUT2D eigenvalue weighted by molar-refractivity contribution is 0.102. The number of amides is 1. The summed E-state index contributed by atoms with van der Waals surface area (Å²) in [6, 6.07) is 13.8. The molecule has 0 atom stereocenters. The van der Waals surface area contributed by atoms with Crippen LogP contribution in [0.5, 0.6) is 0 Å². The Hall–Kier alpha value is -2.22. The summed E-state index contributed by atoms with van der Waals surface area (Å²) in [5.74, 6) is -0.270. The number of hydrogen-bond acceptors (Lipinski definition) is 4. The van der Waals surface area contributed by atoms with Crippen LogP contribution in [0.25, 0.3) is 0 Å². The van der Waals surface area contributed by atoms with E-state index in [4.69, 9.17) is 0 Å². The summed E-state index contributed by atoms with van der Waals surface area (Å²) in [6.45, 7) is 9.45. The van der Waals surface area contributed by atoms with Gasteiger partial charge in [-0.1, -0.05) is 45.4 Å². The third kappa shape index (κ3) is 6.96. The van der Waals surface area contributed by atoms with Gasteiger partial charge in [-0.05, 0) is 55.4 Å². The van der Waals surface area contributed by atoms with Crippen LogP contribution in [0.4, 0.5) is 5.69 Å². The molecular formula is C22H31N3O3S. The molecule has 158 valence electrons. The minimum atomic E-state index is -3.58. The van der Waals surface area contributed by atoms with Gasteiger partial charge in [-0.3, -0.25) is 9.69 Å². The van der Waals surface area contributed by atoms with E-state index in [0.717, 1.165) is 38.0 Å². The van der Waals surface area contributed by atoms with Gasteiger partial charge in [-0.2, -0.15) is 0 Å². The van der Waals surface area contributed by atoms with Gasteiger partial charge in [0.2, 0.25) is 10.0 Å². The second-order valence-corrected chi connectivity index (χ2v) is 8.66. The monoisotopic (exact) mass is 417 g/mol. The Morgan fingerprint density at radius 2 is 1.69 bits per heavy atom. The summed E-state index contributed by atoms with van der Waals surface area (Å²) in [4.78, 5) is 15.0. The molecule has 0 saturated carbocycles. The topological polar surface area (TPSA) is 78.5 Å². The summed E-state index contributed by atoms with van der Waals surface area (Å²) < 4.78 is 27.3. The molecule has 2 N–H and O–H groups in total. The fraction of sp³-hybridized carbons (Fsp3) is 0.409. The van der Waals surface area contributed by atoms with E-state index in [0.29, 0.717) is 17.8 Å². The highest BCUT2D eigenvalue weighted by molar-refractivity contribution is 7.89. The first-order valence-electron chi connectivity index (χ1n) is 10.1. The molecular weight excluding hydrogens is 386 g/mol. The molecule has 2 aromatic carbocycles. The van der Waals surface area contributed by atoms with Gasteiger partial charge in [0.25, 0.3) is 5.91 Å². The Morgan fingerprint density at radius 3 is 2.31 bits per heavy atom. The van der Waals surface area contributed by atoms with Crippen molar-refractivity contribution in [2.24, 2.45) is 0 Å². The van der Waals surface area contributed by atoms with Crippen molar-refractivity contribution in [3.05, 3.63) is 59.7 Å². The van der Waals surface area contributed by atoms with E-state index in [1.807, 2.05) is 19.1 Å². The van der Waals surface area contributed by atoms with Gasteiger partial charge in [-0.15, -0.1) is 0 Å². The maximum atomic E-state index is 12.5. The lowest BCUT2D eigenvalue weighted by Crippen LogP contribution is -2.24. The molecule has 2 rings (SSSR count). The lowest BCUT2D eigenvalue weighted by atomic mass is 10.1. The van der Waals surface area contributed by atoms with Crippen molar-refractivity contribution in [1.29, 1.82) is 0 Å². The number of nitrogens with zero attached hydrogens (tertiary/aromatic N) is 1. The number of anilines is 1. The van der Waals surface area contributed by atoms with Crippen molar-refractivity contribution in [1.82, 2.24) is 9.62 Å². The SMILES string of the molecule is CCCCNS(=O)(=O)c1cccc(NC(=O)c2ccc(CN(CC)CC)cc2)c1. The molecule has 0 aliphatic heterocycles. The second kappa shape index (κ2) is 11.1. The zero-order valence-corrected chi connectivity index (χ0v) is 18.3. The van der Waals surface area contributed by atoms with Crippen molar-refractivity contribution in [2.75, 3.05) is 25.0 Å². The fourth-order valence-electron chi connectivity index (χ4n) is 2.88. The molecule has 0 radical (unpaired) electrons. The number of hydrogen-bond donors (Lipinski definition) is 2. The van der Waals surface area contributed by atoms with E-state index >= 15 is 0 Å². The van der Waals surface area contributed by atoms with Gasteiger partial charge in [0.1, 0.15) is 0 Å². The summed E-state index contributed by atoms with van der Waals surface area (Å²) in [7, 11) is -3.58. The van der Waals surface area contributed by atoms with E-state index in [2.05, 4.69) is 28.8 Å². The van der Waals surface area contributed by atoms with Crippen molar-refractivity contribution in [3.63, 3.8) is 0 Å². The van der Waals surface area contributed by atoms with Crippen LogP contribution in [-0.4, -0.2) is 38.9 Å². The van der Waals surface area contributed by atoms with Crippen molar-refractivity contribution in [3.8, 4) is 0 Å². The quantitative estimate of drug-likeness (QED) is 0.544. The van der Waals surface area contributed by atoms with Gasteiger partial charge >= 0.3 is 0 Å². The van der Waals surface area contributed by atoms with Crippen molar-refractivity contribution in [2.45, 2.75) is 45.1 Å². The van der Waals surface area contributed by atoms with E-state index in [9.17, 15) is 13.2 Å². The molecule has 0 heterocycles. The number of benzene rings is 2. The Bertz CT molecular complexity index is 892. The second-order valence-electron chi connectivity index (χ2n) is 6.89. The van der Waals surface area contributed by atoms with Gasteiger partial charge in [0.05, 0.1) is 4.90 Å². The fourth-order valence-corrected chi connectivity index (χ4v) is 4.00. The summed E-state index contributed by atoms with van der Waals surface area (Å²) in [5.41, 5.74) is 2.12. The lowest BCUT2D eigenvalue weighted by Gasteiger charge is -2.18. The van der Waals surface area contributed by atoms with Gasteiger partial charge in [-0.25, -0.2) is 13.1 Å². The third-order valence-corrected chi connectivity index (χ3v) is 6.20. The zero-order valence-electron chi connectivity index (χ0n) is 17.4. The van der Waals surface area contributed by atoms with Gasteiger partial charge in [0, 0.05) is 24.3 Å². The number of carbonyl (C=O) groups is 1. The normalized spacial score (nSPS) is 11.6. The Kier molecular flexibility index (Phi) is 8.82. The molecule has 29 heavy (non-hydrogen) atoms. The van der Waals surface area contributed by atoms with Crippen LogP contribution < -0.4 is 10.0 Å². The zero-order chi connectivity index (χ0) is 21.3. The predicted molar refractivity (Wildman–Crippen MR) is 118 cm³/mol. The average molecular weight is 418 g/mol. The van der Waals surface area contributed by atoms with E-state index in [1.54, 1.807) is 24.3 Å². The maximum absolute atomic E-state index is 12.5. The summed E-state index contributed by atoms with van der Waals surface area (Å²) in [6.07, 6.45) is 1.69. The molecule has 6 nitrogen and oxygen atoms in total. The predicted octanol–water partition coefficient (Wildman–Crippen LogP) is 3.86. The van der Waals surface area contributed by atoms with Gasteiger partial charge in [0.15, 0.2) is 0 Å². The Morgan fingerprint density at radius 1 is 1.00 bits per heavy atom. The standard InChI is InChI=1S/C22H31N3O3S/c1-4-7-15-23-29(27,28)21-10-8-9-20(16-21)24-22(26)19-13-11-18(12-14-19)17-25(5-2)6-3/h8-14,16,23H,4-7,15,17H2,1-3H3,(H,24,26). The van der Waals surface area contributed by atoms with E-state index < -0.39 is 10.0 Å². The minimum absolute atomic E-state index is 0.140. The Labute approximate surface area is 174 Å². The smallest absolute Gasteiger partial charge is 0.255 e. The number of sulfonamides is 1. The summed E-state index contributed by atoms with van der Waals surface area (Å²) >= 11 is 0. The molecule has 0 spiro atoms. The molecule has 7 heteroatoms. The van der Waals surface area contributed by atoms with E-state index in [-0.39, 0.29) is 10.8 Å². The van der Waals surface area contributed by atoms with Crippen molar-refractivity contribution >= 4 is 21.6 Å². The van der Waals surface area contributed by atoms with Crippen molar-refractivity contribution < 1.29 is 13.2 Å². The van der Waals surface area contributed by atoms with Crippen LogP contribution in [0.3, 0.4) is 0 Å². The highest BCUT2D eigenvalue weighted by Gasteiger charge is 2.14. The minimum Gasteiger partial charge on any atom is -0.322 e. The van der Waals surface area contributed by atoms with Crippen LogP contribution in [0.1, 0.15) is 49.5 Å². The average Bonchev–Trinajstić information content (AvgIpc) is 2.72. The molecule has 0 saturated heterocycles. The first kappa shape index (κ1) is 23.1. The molecule has 1 amide bonds. The van der Waals surface area contributed by atoms with Crippen LogP contribution >= 0.6 is 0 Å². The third-order valence-electron chi connectivity index (χ3n) is 4.74. The highest BCUT2D eigenvalue weighted by Crippen LogP contribution is 2.17. The molecule has 0 bridgehead atoms. The number of nitrogens with one attached hydrogen (secondary N) is 2. The molecule has 0 unspecified atom stereocenters. The molecule has 0 aliphatic carbocycles. The maximum Gasteiger partial charge on any atom is 0.255 e. The molecule has 0 fully saturated rings. The van der Waals surface area contributed by atoms with Crippen LogP contribution in [-0.2, 0) is 16.6 Å².